The van der Waals surface area contributed by atoms with Gasteiger partial charge in [0.15, 0.2) is 0 Å². The third-order valence-corrected chi connectivity index (χ3v) is 7.03. The summed E-state index contributed by atoms with van der Waals surface area (Å²) in [4.78, 5) is 19.7. The number of nitrogens with zero attached hydrogens (tertiary/aromatic N) is 4. The molecule has 0 amide bonds. The van der Waals surface area contributed by atoms with Crippen molar-refractivity contribution in [1.29, 1.82) is 0 Å². The Bertz CT molecular complexity index is 1090. The van der Waals surface area contributed by atoms with Gasteiger partial charge < -0.3 is 4.55 Å². The minimum atomic E-state index is -2.39. The van der Waals surface area contributed by atoms with Crippen LogP contribution in [0.4, 0.5) is 8.78 Å². The molecule has 1 atom stereocenters. The lowest BCUT2D eigenvalue weighted by molar-refractivity contribution is 0.00893. The van der Waals surface area contributed by atoms with Crippen LogP contribution in [-0.2, 0) is 23.8 Å². The Morgan fingerprint density at radius 2 is 1.97 bits per heavy atom. The lowest BCUT2D eigenvalue weighted by Crippen LogP contribution is -2.60. The molecule has 1 aromatic carbocycles. The van der Waals surface area contributed by atoms with E-state index in [0.29, 0.717) is 41.1 Å². The van der Waals surface area contributed by atoms with Crippen LogP contribution in [-0.4, -0.2) is 55.5 Å². The second-order valence-electron chi connectivity index (χ2n) is 9.67. The van der Waals surface area contributed by atoms with Gasteiger partial charge in [0.05, 0.1) is 28.6 Å². The van der Waals surface area contributed by atoms with Crippen molar-refractivity contribution in [1.82, 2.24) is 14.5 Å². The summed E-state index contributed by atoms with van der Waals surface area (Å²) >= 11 is -1.45. The molecule has 0 saturated carbocycles. The van der Waals surface area contributed by atoms with Crippen molar-refractivity contribution < 1.29 is 13.3 Å². The highest BCUT2D eigenvalue weighted by Gasteiger charge is 2.44. The molecule has 6 nitrogen and oxygen atoms in total. The van der Waals surface area contributed by atoms with Crippen LogP contribution in [0.5, 0.6) is 0 Å². The van der Waals surface area contributed by atoms with Gasteiger partial charge in [0.25, 0.3) is 12.0 Å². The monoisotopic (exact) mass is 452 g/mol. The molecule has 1 aromatic heterocycles. The number of fused-ring (bicyclic) bond motifs is 1. The van der Waals surface area contributed by atoms with Gasteiger partial charge in [0.1, 0.15) is 21.9 Å². The van der Waals surface area contributed by atoms with E-state index in [1.54, 1.807) is 24.9 Å². The summed E-state index contributed by atoms with van der Waals surface area (Å²) in [5.41, 5.74) is 1.90. The highest BCUT2D eigenvalue weighted by molar-refractivity contribution is 7.91. The van der Waals surface area contributed by atoms with Gasteiger partial charge in [-0.3, -0.25) is 14.3 Å². The zero-order valence-electron chi connectivity index (χ0n) is 19.1. The molecule has 0 N–H and O–H groups in total. The average molecular weight is 453 g/mol. The first-order valence-electron chi connectivity index (χ1n) is 10.2. The number of likely N-dealkylation sites (tertiary alicyclic amines) is 1. The van der Waals surface area contributed by atoms with Crippen LogP contribution in [0, 0.1) is 6.92 Å². The number of hydrogen-bond donors (Lipinski definition) is 0. The quantitative estimate of drug-likeness (QED) is 0.515. The largest absolute Gasteiger partial charge is 0.591 e. The summed E-state index contributed by atoms with van der Waals surface area (Å²) in [6.45, 7) is 11.7. The molecular formula is C22H30F2N4O2S. The van der Waals surface area contributed by atoms with E-state index in [4.69, 9.17) is 4.98 Å². The van der Waals surface area contributed by atoms with E-state index in [-0.39, 0.29) is 12.1 Å². The van der Waals surface area contributed by atoms with E-state index >= 15 is 0 Å². The summed E-state index contributed by atoms with van der Waals surface area (Å²) in [7, 11) is 1.67. The molecule has 1 fully saturated rings. The van der Waals surface area contributed by atoms with Crippen molar-refractivity contribution >= 4 is 28.0 Å². The maximum absolute atomic E-state index is 13.2. The Morgan fingerprint density at radius 3 is 2.52 bits per heavy atom. The van der Waals surface area contributed by atoms with Crippen molar-refractivity contribution in [2.45, 2.75) is 58.1 Å². The molecule has 9 heteroatoms. The Balaban J connectivity index is 2.14. The topological polar surface area (TPSA) is 73.6 Å². The summed E-state index contributed by atoms with van der Waals surface area (Å²) in [6, 6.07) is 3.68. The molecule has 1 saturated heterocycles. The number of aromatic nitrogens is 2. The van der Waals surface area contributed by atoms with Crippen LogP contribution in [0.25, 0.3) is 10.9 Å². The number of hydrogen-bond acceptors (Lipinski definition) is 5. The second kappa shape index (κ2) is 8.26. The van der Waals surface area contributed by atoms with Crippen LogP contribution >= 0.6 is 0 Å². The summed E-state index contributed by atoms with van der Waals surface area (Å²) < 4.78 is 43.4. The number of benzene rings is 1. The summed E-state index contributed by atoms with van der Waals surface area (Å²) in [5.74, 6) is 0.561. The van der Waals surface area contributed by atoms with Crippen LogP contribution in [0.3, 0.4) is 0 Å². The molecule has 2 heterocycles. The van der Waals surface area contributed by atoms with Crippen LogP contribution in [0.2, 0.25) is 0 Å². The van der Waals surface area contributed by atoms with Crippen molar-refractivity contribution in [2.24, 2.45) is 11.4 Å². The number of rotatable bonds is 5. The molecule has 0 radical (unpaired) electrons. The molecule has 1 aliphatic heterocycles. The Morgan fingerprint density at radius 1 is 1.35 bits per heavy atom. The van der Waals surface area contributed by atoms with Crippen molar-refractivity contribution in [3.8, 4) is 0 Å². The lowest BCUT2D eigenvalue weighted by atomic mass is 9.80. The van der Waals surface area contributed by atoms with Gasteiger partial charge in [-0.2, -0.15) is 0 Å². The first-order chi connectivity index (χ1) is 14.2. The molecular weight excluding hydrogens is 422 g/mol. The zero-order chi connectivity index (χ0) is 23.3. The molecule has 0 unspecified atom stereocenters. The average Bonchev–Trinajstić information content (AvgIpc) is 2.61. The van der Waals surface area contributed by atoms with Gasteiger partial charge in [-0.25, -0.2) is 13.8 Å². The molecule has 2 aromatic rings. The predicted octanol–water partition coefficient (Wildman–Crippen LogP) is 3.35. The SMILES string of the molecule is C/C(=N/[S@+]([O-])C(C)(C)C)c1cc(C)cc2c(=O)n(C)c(C3(C)CN(CC(F)F)C3)nc12. The maximum Gasteiger partial charge on any atom is 0.261 e. The molecule has 31 heavy (non-hydrogen) atoms. The normalized spacial score (nSPS) is 18.5. The first kappa shape index (κ1) is 23.8. The van der Waals surface area contributed by atoms with Crippen LogP contribution in [0.1, 0.15) is 51.6 Å². The Kier molecular flexibility index (Phi) is 6.34. The van der Waals surface area contributed by atoms with Crippen molar-refractivity contribution in [3.63, 3.8) is 0 Å². The van der Waals surface area contributed by atoms with Gasteiger partial charge in [0.2, 0.25) is 0 Å². The highest BCUT2D eigenvalue weighted by atomic mass is 32.2. The predicted molar refractivity (Wildman–Crippen MR) is 122 cm³/mol. The fourth-order valence-corrected chi connectivity index (χ4v) is 4.67. The number of alkyl halides is 2. The van der Waals surface area contributed by atoms with Gasteiger partial charge in [0, 0.05) is 25.7 Å². The molecule has 0 spiro atoms. The Labute approximate surface area is 184 Å². The first-order valence-corrected chi connectivity index (χ1v) is 11.3. The standard InChI is InChI=1S/C22H30F2N4O2S/c1-13-8-15(14(2)26-31(30)21(3,4)5)18-16(9-13)19(29)27(7)20(25-18)22(6)11-28(12-22)10-17(23)24/h8-9,17H,10-12H2,1-7H3/b26-14-/t31-/m1/s1. The van der Waals surface area contributed by atoms with Crippen molar-refractivity contribution in [3.05, 3.63) is 39.4 Å². The molecule has 170 valence electrons. The van der Waals surface area contributed by atoms with Gasteiger partial charge in [-0.05, 0) is 52.3 Å². The zero-order valence-corrected chi connectivity index (χ0v) is 19.9. The van der Waals surface area contributed by atoms with Gasteiger partial charge in [-0.1, -0.05) is 11.3 Å². The third kappa shape index (κ3) is 4.68. The Hall–Kier alpha value is -1.84. The van der Waals surface area contributed by atoms with Gasteiger partial charge in [-0.15, -0.1) is 0 Å². The number of halogens is 2. The van der Waals surface area contributed by atoms with E-state index in [1.165, 1.54) is 4.57 Å². The molecule has 3 rings (SSSR count). The molecule has 1 aliphatic rings. The van der Waals surface area contributed by atoms with E-state index in [2.05, 4.69) is 4.40 Å². The van der Waals surface area contributed by atoms with Crippen LogP contribution in [0.15, 0.2) is 21.3 Å². The van der Waals surface area contributed by atoms with Crippen LogP contribution < -0.4 is 5.56 Å². The van der Waals surface area contributed by atoms with E-state index in [0.717, 1.165) is 5.56 Å². The van der Waals surface area contributed by atoms with E-state index in [1.807, 2.05) is 40.7 Å². The maximum atomic E-state index is 13.2. The van der Waals surface area contributed by atoms with E-state index in [9.17, 15) is 18.1 Å². The summed E-state index contributed by atoms with van der Waals surface area (Å²) in [5, 5.41) is 0.463. The third-order valence-electron chi connectivity index (χ3n) is 5.54. The second-order valence-corrected chi connectivity index (χ2v) is 11.6. The van der Waals surface area contributed by atoms with Crippen molar-refractivity contribution in [2.75, 3.05) is 19.6 Å². The lowest BCUT2D eigenvalue weighted by Gasteiger charge is -2.47. The molecule has 0 bridgehead atoms. The fourth-order valence-electron chi connectivity index (χ4n) is 4.05. The summed E-state index contributed by atoms with van der Waals surface area (Å²) in [6.07, 6.45) is -2.39. The number of aryl methyl sites for hydroxylation is 1. The minimum absolute atomic E-state index is 0.191. The molecule has 0 aliphatic carbocycles. The fraction of sp³-hybridized carbons (Fsp3) is 0.591. The minimum Gasteiger partial charge on any atom is -0.591 e. The van der Waals surface area contributed by atoms with E-state index < -0.39 is 27.9 Å². The highest BCUT2D eigenvalue weighted by Crippen LogP contribution is 2.34. The van der Waals surface area contributed by atoms with Gasteiger partial charge >= 0.3 is 0 Å². The smallest absolute Gasteiger partial charge is 0.261 e.